The molecule has 1 aliphatic rings. The fraction of sp³-hybridized carbons (Fsp3) is 0.333. The maximum absolute atomic E-state index is 12.5. The SMILES string of the molecule is O=C(CCCOc1ccc(Cl)cc1Cl)N1CCN(c2nc3ccc(Cl)cc3s2)CC1. The van der Waals surface area contributed by atoms with Gasteiger partial charge in [-0.05, 0) is 42.8 Å². The summed E-state index contributed by atoms with van der Waals surface area (Å²) in [6.45, 7) is 3.37. The van der Waals surface area contributed by atoms with Crippen LogP contribution in [0, 0.1) is 0 Å². The summed E-state index contributed by atoms with van der Waals surface area (Å²) in [5.74, 6) is 0.732. The predicted molar refractivity (Wildman–Crippen MR) is 125 cm³/mol. The van der Waals surface area contributed by atoms with E-state index in [0.717, 1.165) is 33.5 Å². The van der Waals surface area contributed by atoms with Gasteiger partial charge in [-0.25, -0.2) is 4.98 Å². The monoisotopic (exact) mass is 483 g/mol. The van der Waals surface area contributed by atoms with Gasteiger partial charge in [-0.3, -0.25) is 4.79 Å². The molecule has 0 unspecified atom stereocenters. The summed E-state index contributed by atoms with van der Waals surface area (Å²) in [5.41, 5.74) is 0.957. The second-order valence-electron chi connectivity index (χ2n) is 7.00. The third kappa shape index (κ3) is 5.11. The Kier molecular flexibility index (Phi) is 6.88. The van der Waals surface area contributed by atoms with E-state index in [2.05, 4.69) is 4.90 Å². The molecule has 0 aliphatic carbocycles. The molecule has 1 aliphatic heterocycles. The molecule has 158 valence electrons. The van der Waals surface area contributed by atoms with E-state index in [1.165, 1.54) is 0 Å². The topological polar surface area (TPSA) is 45.7 Å². The van der Waals surface area contributed by atoms with Crippen molar-refractivity contribution in [3.8, 4) is 5.75 Å². The van der Waals surface area contributed by atoms with Gasteiger partial charge in [0.25, 0.3) is 0 Å². The van der Waals surface area contributed by atoms with Crippen LogP contribution in [-0.4, -0.2) is 48.6 Å². The number of benzene rings is 2. The van der Waals surface area contributed by atoms with Crippen molar-refractivity contribution >= 4 is 67.4 Å². The van der Waals surface area contributed by atoms with Gasteiger partial charge in [-0.1, -0.05) is 46.1 Å². The smallest absolute Gasteiger partial charge is 0.222 e. The van der Waals surface area contributed by atoms with E-state index in [0.29, 0.717) is 48.3 Å². The molecule has 0 N–H and O–H groups in total. The standard InChI is InChI=1S/C21H20Cl3N3O2S/c22-14-4-6-18(16(24)12-14)29-11-1-2-20(28)26-7-9-27(10-8-26)21-25-17-5-3-15(23)13-19(17)30-21/h3-6,12-13H,1-2,7-11H2. The average Bonchev–Trinajstić information content (AvgIpc) is 3.15. The van der Waals surface area contributed by atoms with Crippen molar-refractivity contribution in [2.75, 3.05) is 37.7 Å². The number of thiazole rings is 1. The molecule has 0 atom stereocenters. The molecule has 2 heterocycles. The van der Waals surface area contributed by atoms with E-state index in [4.69, 9.17) is 44.5 Å². The van der Waals surface area contributed by atoms with E-state index in [-0.39, 0.29) is 5.91 Å². The largest absolute Gasteiger partial charge is 0.492 e. The Morgan fingerprint density at radius 1 is 1.03 bits per heavy atom. The van der Waals surface area contributed by atoms with Crippen molar-refractivity contribution < 1.29 is 9.53 Å². The number of fused-ring (bicyclic) bond motifs is 1. The van der Waals surface area contributed by atoms with Crippen LogP contribution in [0.1, 0.15) is 12.8 Å². The van der Waals surface area contributed by atoms with Crippen molar-refractivity contribution in [1.29, 1.82) is 0 Å². The summed E-state index contributed by atoms with van der Waals surface area (Å²) in [7, 11) is 0. The summed E-state index contributed by atoms with van der Waals surface area (Å²) >= 11 is 19.7. The lowest BCUT2D eigenvalue weighted by Crippen LogP contribution is -2.48. The molecule has 5 nitrogen and oxygen atoms in total. The van der Waals surface area contributed by atoms with Gasteiger partial charge in [0.05, 0.1) is 21.8 Å². The van der Waals surface area contributed by atoms with Crippen molar-refractivity contribution in [2.45, 2.75) is 12.8 Å². The first-order chi connectivity index (χ1) is 14.5. The summed E-state index contributed by atoms with van der Waals surface area (Å²) in [6, 6.07) is 10.8. The number of rotatable bonds is 6. The Morgan fingerprint density at radius 2 is 1.77 bits per heavy atom. The molecule has 1 amide bonds. The van der Waals surface area contributed by atoms with Crippen LogP contribution in [0.4, 0.5) is 5.13 Å². The highest BCUT2D eigenvalue weighted by Gasteiger charge is 2.23. The molecule has 2 aromatic carbocycles. The van der Waals surface area contributed by atoms with Gasteiger partial charge in [-0.2, -0.15) is 0 Å². The molecule has 0 saturated carbocycles. The molecule has 1 fully saturated rings. The highest BCUT2D eigenvalue weighted by Crippen LogP contribution is 2.31. The van der Waals surface area contributed by atoms with Crippen LogP contribution in [0.25, 0.3) is 10.2 Å². The number of hydrogen-bond donors (Lipinski definition) is 0. The summed E-state index contributed by atoms with van der Waals surface area (Å²) < 4.78 is 6.74. The van der Waals surface area contributed by atoms with E-state index in [1.54, 1.807) is 29.5 Å². The number of amides is 1. The van der Waals surface area contributed by atoms with Gasteiger partial charge in [0.15, 0.2) is 5.13 Å². The minimum atomic E-state index is 0.150. The molecule has 0 spiro atoms. The first kappa shape index (κ1) is 21.5. The lowest BCUT2D eigenvalue weighted by molar-refractivity contribution is -0.131. The predicted octanol–water partition coefficient (Wildman–Crippen LogP) is 5.76. The molecular weight excluding hydrogens is 465 g/mol. The lowest BCUT2D eigenvalue weighted by atomic mass is 10.2. The number of nitrogens with zero attached hydrogens (tertiary/aromatic N) is 3. The van der Waals surface area contributed by atoms with Crippen LogP contribution in [0.2, 0.25) is 15.1 Å². The van der Waals surface area contributed by atoms with Crippen LogP contribution in [0.15, 0.2) is 36.4 Å². The van der Waals surface area contributed by atoms with Gasteiger partial charge >= 0.3 is 0 Å². The van der Waals surface area contributed by atoms with Crippen LogP contribution in [-0.2, 0) is 4.79 Å². The van der Waals surface area contributed by atoms with Crippen LogP contribution in [0.3, 0.4) is 0 Å². The number of aromatic nitrogens is 1. The van der Waals surface area contributed by atoms with Crippen molar-refractivity contribution in [1.82, 2.24) is 9.88 Å². The van der Waals surface area contributed by atoms with E-state index in [9.17, 15) is 4.79 Å². The fourth-order valence-corrected chi connectivity index (χ4v) is 5.08. The zero-order valence-electron chi connectivity index (χ0n) is 16.1. The fourth-order valence-electron chi connectivity index (χ4n) is 3.32. The zero-order chi connectivity index (χ0) is 21.1. The second kappa shape index (κ2) is 9.60. The number of ether oxygens (including phenoxy) is 1. The van der Waals surface area contributed by atoms with E-state index < -0.39 is 0 Å². The molecule has 0 radical (unpaired) electrons. The first-order valence-corrected chi connectivity index (χ1v) is 11.6. The maximum Gasteiger partial charge on any atom is 0.222 e. The Hall–Kier alpha value is -1.73. The van der Waals surface area contributed by atoms with Crippen molar-refractivity contribution in [2.24, 2.45) is 0 Å². The number of hydrogen-bond acceptors (Lipinski definition) is 5. The van der Waals surface area contributed by atoms with Crippen LogP contribution >= 0.6 is 46.1 Å². The van der Waals surface area contributed by atoms with Gasteiger partial charge in [-0.15, -0.1) is 0 Å². The Balaban J connectivity index is 1.23. The summed E-state index contributed by atoms with van der Waals surface area (Å²) in [6.07, 6.45) is 1.08. The third-order valence-electron chi connectivity index (χ3n) is 4.93. The molecular formula is C21H20Cl3N3O2S. The molecule has 3 aromatic rings. The number of anilines is 1. The number of carbonyl (C=O) groups excluding carboxylic acids is 1. The minimum Gasteiger partial charge on any atom is -0.492 e. The van der Waals surface area contributed by atoms with E-state index >= 15 is 0 Å². The Morgan fingerprint density at radius 3 is 2.53 bits per heavy atom. The molecule has 4 rings (SSSR count). The van der Waals surface area contributed by atoms with Gasteiger partial charge in [0.1, 0.15) is 5.75 Å². The average molecular weight is 485 g/mol. The third-order valence-corrected chi connectivity index (χ3v) is 6.77. The maximum atomic E-state index is 12.5. The second-order valence-corrected chi connectivity index (χ2v) is 9.29. The highest BCUT2D eigenvalue weighted by molar-refractivity contribution is 7.22. The summed E-state index contributed by atoms with van der Waals surface area (Å²) in [4.78, 5) is 21.4. The van der Waals surface area contributed by atoms with Crippen molar-refractivity contribution in [3.63, 3.8) is 0 Å². The lowest BCUT2D eigenvalue weighted by Gasteiger charge is -2.34. The van der Waals surface area contributed by atoms with Crippen molar-refractivity contribution in [3.05, 3.63) is 51.5 Å². The number of halogens is 3. The molecule has 9 heteroatoms. The summed E-state index contributed by atoms with van der Waals surface area (Å²) in [5, 5.41) is 2.74. The molecule has 1 aromatic heterocycles. The van der Waals surface area contributed by atoms with Gasteiger partial charge in [0.2, 0.25) is 5.91 Å². The minimum absolute atomic E-state index is 0.150. The van der Waals surface area contributed by atoms with Crippen LogP contribution < -0.4 is 9.64 Å². The van der Waals surface area contributed by atoms with Gasteiger partial charge in [0, 0.05) is 42.6 Å². The highest BCUT2D eigenvalue weighted by atomic mass is 35.5. The molecule has 1 saturated heterocycles. The number of piperazine rings is 1. The normalized spacial score (nSPS) is 14.4. The van der Waals surface area contributed by atoms with Gasteiger partial charge < -0.3 is 14.5 Å². The first-order valence-electron chi connectivity index (χ1n) is 9.66. The zero-order valence-corrected chi connectivity index (χ0v) is 19.2. The molecule has 30 heavy (non-hydrogen) atoms. The quantitative estimate of drug-likeness (QED) is 0.417. The van der Waals surface area contributed by atoms with E-state index in [1.807, 2.05) is 23.1 Å². The Bertz CT molecular complexity index is 1050. The molecule has 0 bridgehead atoms. The van der Waals surface area contributed by atoms with Crippen LogP contribution in [0.5, 0.6) is 5.75 Å². The number of carbonyl (C=O) groups is 1. The Labute approximate surface area is 194 Å².